The molecule has 0 spiro atoms. The minimum Gasteiger partial charge on any atom is -0.391 e. The third-order valence-corrected chi connectivity index (χ3v) is 4.88. The average molecular weight is 241 g/mol. The van der Waals surface area contributed by atoms with Gasteiger partial charge in [0.1, 0.15) is 0 Å². The van der Waals surface area contributed by atoms with Crippen molar-refractivity contribution in [1.29, 1.82) is 0 Å². The molecule has 1 saturated heterocycles. The molecule has 1 aliphatic rings. The Labute approximate surface area is 107 Å². The van der Waals surface area contributed by atoms with Gasteiger partial charge < -0.3 is 5.11 Å². The highest BCUT2D eigenvalue weighted by Crippen LogP contribution is 2.38. The van der Waals surface area contributed by atoms with E-state index in [4.69, 9.17) is 0 Å². The van der Waals surface area contributed by atoms with Crippen molar-refractivity contribution in [2.45, 2.75) is 78.4 Å². The van der Waals surface area contributed by atoms with E-state index in [1.54, 1.807) is 0 Å². The Balaban J connectivity index is 2.60. The minimum atomic E-state index is -0.130. The Morgan fingerprint density at radius 3 is 2.24 bits per heavy atom. The third kappa shape index (κ3) is 3.45. The van der Waals surface area contributed by atoms with E-state index < -0.39 is 0 Å². The van der Waals surface area contributed by atoms with Crippen molar-refractivity contribution in [3.05, 3.63) is 0 Å². The lowest BCUT2D eigenvalue weighted by molar-refractivity contribution is 0.0460. The summed E-state index contributed by atoms with van der Waals surface area (Å²) < 4.78 is 0. The number of hydrogen-bond donors (Lipinski definition) is 1. The lowest BCUT2D eigenvalue weighted by atomic mass is 9.82. The van der Waals surface area contributed by atoms with Crippen LogP contribution in [0, 0.1) is 5.41 Å². The smallest absolute Gasteiger partial charge is 0.0695 e. The van der Waals surface area contributed by atoms with Crippen LogP contribution in [0.5, 0.6) is 0 Å². The first-order chi connectivity index (χ1) is 8.12. The van der Waals surface area contributed by atoms with Crippen LogP contribution in [-0.2, 0) is 0 Å². The van der Waals surface area contributed by atoms with Crippen molar-refractivity contribution in [3.8, 4) is 0 Å². The maximum atomic E-state index is 10.2. The van der Waals surface area contributed by atoms with Crippen molar-refractivity contribution < 1.29 is 5.11 Å². The molecule has 1 heterocycles. The van der Waals surface area contributed by atoms with Gasteiger partial charge in [0.05, 0.1) is 6.10 Å². The Bertz CT molecular complexity index is 213. The number of nitrogens with zero attached hydrogens (tertiary/aromatic N) is 1. The maximum Gasteiger partial charge on any atom is 0.0695 e. The van der Waals surface area contributed by atoms with Crippen molar-refractivity contribution in [2.24, 2.45) is 5.41 Å². The van der Waals surface area contributed by atoms with Crippen molar-refractivity contribution in [2.75, 3.05) is 13.1 Å². The molecule has 0 aliphatic carbocycles. The Kier molecular flexibility index (Phi) is 5.94. The summed E-state index contributed by atoms with van der Waals surface area (Å²) >= 11 is 0. The van der Waals surface area contributed by atoms with E-state index in [1.165, 1.54) is 32.4 Å². The van der Waals surface area contributed by atoms with Gasteiger partial charge in [0.2, 0.25) is 0 Å². The summed E-state index contributed by atoms with van der Waals surface area (Å²) in [6.07, 6.45) is 6.84. The fourth-order valence-electron chi connectivity index (χ4n) is 3.34. The summed E-state index contributed by atoms with van der Waals surface area (Å²) in [5.41, 5.74) is 0.527. The molecule has 0 aromatic rings. The zero-order valence-corrected chi connectivity index (χ0v) is 12.2. The Hall–Kier alpha value is -0.0800. The largest absolute Gasteiger partial charge is 0.391 e. The van der Waals surface area contributed by atoms with Gasteiger partial charge in [-0.2, -0.15) is 0 Å². The first-order valence-electron chi connectivity index (χ1n) is 7.54. The molecule has 102 valence electrons. The van der Waals surface area contributed by atoms with Gasteiger partial charge in [-0.15, -0.1) is 0 Å². The molecule has 0 bridgehead atoms. The predicted molar refractivity (Wildman–Crippen MR) is 74.2 cm³/mol. The Morgan fingerprint density at radius 2 is 1.82 bits per heavy atom. The second-order valence-corrected chi connectivity index (χ2v) is 5.76. The normalized spacial score (nSPS) is 23.8. The monoisotopic (exact) mass is 241 g/mol. The highest BCUT2D eigenvalue weighted by Gasteiger charge is 2.38. The predicted octanol–water partition coefficient (Wildman–Crippen LogP) is 3.44. The van der Waals surface area contributed by atoms with Crippen molar-refractivity contribution >= 4 is 0 Å². The van der Waals surface area contributed by atoms with Gasteiger partial charge in [-0.05, 0) is 44.1 Å². The summed E-state index contributed by atoms with van der Waals surface area (Å²) in [7, 11) is 0. The zero-order valence-electron chi connectivity index (χ0n) is 12.2. The molecule has 0 aromatic carbocycles. The lowest BCUT2D eigenvalue weighted by Gasteiger charge is -2.33. The second kappa shape index (κ2) is 6.75. The molecule has 1 aliphatic heterocycles. The molecule has 2 heteroatoms. The van der Waals surface area contributed by atoms with Crippen LogP contribution >= 0.6 is 0 Å². The molecule has 1 N–H and O–H groups in total. The summed E-state index contributed by atoms with van der Waals surface area (Å²) in [5, 5.41) is 10.2. The molecular formula is C15H31NO. The van der Waals surface area contributed by atoms with Gasteiger partial charge in [0, 0.05) is 12.6 Å². The molecule has 2 nitrogen and oxygen atoms in total. The SMILES string of the molecule is CCCC(O)C(CC)N1CCC(CC)(CC)C1. The van der Waals surface area contributed by atoms with Crippen LogP contribution in [0.2, 0.25) is 0 Å². The molecule has 0 radical (unpaired) electrons. The van der Waals surface area contributed by atoms with Crippen molar-refractivity contribution in [3.63, 3.8) is 0 Å². The van der Waals surface area contributed by atoms with Gasteiger partial charge in [0.15, 0.2) is 0 Å². The van der Waals surface area contributed by atoms with Gasteiger partial charge in [-0.1, -0.05) is 34.1 Å². The highest BCUT2D eigenvalue weighted by molar-refractivity contribution is 4.92. The van der Waals surface area contributed by atoms with E-state index in [0.29, 0.717) is 11.5 Å². The average Bonchev–Trinajstić information content (AvgIpc) is 2.75. The molecule has 17 heavy (non-hydrogen) atoms. The summed E-state index contributed by atoms with van der Waals surface area (Å²) in [4.78, 5) is 2.55. The van der Waals surface area contributed by atoms with Gasteiger partial charge >= 0.3 is 0 Å². The summed E-state index contributed by atoms with van der Waals surface area (Å²) in [6.45, 7) is 11.4. The number of likely N-dealkylation sites (tertiary alicyclic amines) is 1. The molecule has 1 fully saturated rings. The van der Waals surface area contributed by atoms with Crippen molar-refractivity contribution in [1.82, 2.24) is 4.90 Å². The molecule has 2 atom stereocenters. The minimum absolute atomic E-state index is 0.130. The number of aliphatic hydroxyl groups excluding tert-OH is 1. The van der Waals surface area contributed by atoms with E-state index in [0.717, 1.165) is 19.3 Å². The lowest BCUT2D eigenvalue weighted by Crippen LogP contribution is -2.43. The second-order valence-electron chi connectivity index (χ2n) is 5.76. The Morgan fingerprint density at radius 1 is 1.18 bits per heavy atom. The van der Waals surface area contributed by atoms with Gasteiger partial charge in [-0.25, -0.2) is 0 Å². The quantitative estimate of drug-likeness (QED) is 0.738. The third-order valence-electron chi connectivity index (χ3n) is 4.88. The number of aliphatic hydroxyl groups is 1. The van der Waals surface area contributed by atoms with Gasteiger partial charge in [-0.3, -0.25) is 4.90 Å². The molecule has 0 saturated carbocycles. The zero-order chi connectivity index (χ0) is 12.9. The van der Waals surface area contributed by atoms with Crippen LogP contribution in [0.25, 0.3) is 0 Å². The molecular weight excluding hydrogens is 210 g/mol. The van der Waals surface area contributed by atoms with Crippen LogP contribution in [-0.4, -0.2) is 35.2 Å². The van der Waals surface area contributed by atoms with Crippen LogP contribution in [0.3, 0.4) is 0 Å². The molecule has 1 rings (SSSR count). The van der Waals surface area contributed by atoms with E-state index in [-0.39, 0.29) is 6.10 Å². The van der Waals surface area contributed by atoms with Crippen LogP contribution < -0.4 is 0 Å². The molecule has 0 aromatic heterocycles. The van der Waals surface area contributed by atoms with Crippen LogP contribution in [0.4, 0.5) is 0 Å². The van der Waals surface area contributed by atoms with E-state index in [1.807, 2.05) is 0 Å². The van der Waals surface area contributed by atoms with E-state index >= 15 is 0 Å². The molecule has 2 unspecified atom stereocenters. The van der Waals surface area contributed by atoms with Gasteiger partial charge in [0.25, 0.3) is 0 Å². The maximum absolute atomic E-state index is 10.2. The summed E-state index contributed by atoms with van der Waals surface area (Å²) in [5.74, 6) is 0. The topological polar surface area (TPSA) is 23.5 Å². The van der Waals surface area contributed by atoms with E-state index in [9.17, 15) is 5.11 Å². The highest BCUT2D eigenvalue weighted by atomic mass is 16.3. The standard InChI is InChI=1S/C15H31NO/c1-5-9-14(17)13(6-2)16-11-10-15(7-3,8-4)12-16/h13-14,17H,5-12H2,1-4H3. The van der Waals surface area contributed by atoms with Crippen LogP contribution in [0.15, 0.2) is 0 Å². The first kappa shape index (κ1) is 15.0. The first-order valence-corrected chi connectivity index (χ1v) is 7.54. The fraction of sp³-hybridized carbons (Fsp3) is 1.00. The number of hydrogen-bond acceptors (Lipinski definition) is 2. The molecule has 0 amide bonds. The number of rotatable bonds is 7. The fourth-order valence-corrected chi connectivity index (χ4v) is 3.34. The van der Waals surface area contributed by atoms with Crippen LogP contribution in [0.1, 0.15) is 66.2 Å². The summed E-state index contributed by atoms with van der Waals surface area (Å²) in [6, 6.07) is 0.384. The van der Waals surface area contributed by atoms with E-state index in [2.05, 4.69) is 32.6 Å².